The van der Waals surface area contributed by atoms with Crippen LogP contribution >= 0.6 is 0 Å². The van der Waals surface area contributed by atoms with Crippen LogP contribution in [-0.2, 0) is 17.8 Å². The highest BCUT2D eigenvalue weighted by molar-refractivity contribution is 5.79. The number of likely N-dealkylation sites (tertiary alicyclic amines) is 1. The summed E-state index contributed by atoms with van der Waals surface area (Å²) >= 11 is 0. The van der Waals surface area contributed by atoms with Crippen LogP contribution in [0, 0.1) is 11.7 Å². The van der Waals surface area contributed by atoms with Gasteiger partial charge in [0.05, 0.1) is 18.0 Å². The van der Waals surface area contributed by atoms with Gasteiger partial charge in [0.1, 0.15) is 5.82 Å². The van der Waals surface area contributed by atoms with Crippen molar-refractivity contribution in [2.45, 2.75) is 57.5 Å². The van der Waals surface area contributed by atoms with Crippen LogP contribution in [0.25, 0.3) is 11.2 Å². The average Bonchev–Trinajstić information content (AvgIpc) is 3.38. The molecule has 3 aromatic rings. The number of imidazole rings is 1. The molecule has 1 saturated carbocycles. The Morgan fingerprint density at radius 2 is 1.94 bits per heavy atom. The quantitative estimate of drug-likeness (QED) is 0.609. The lowest BCUT2D eigenvalue weighted by atomic mass is 9.89. The molecule has 7 heteroatoms. The first-order valence-corrected chi connectivity index (χ1v) is 11.7. The van der Waals surface area contributed by atoms with E-state index >= 15 is 0 Å². The number of hydrogen-bond donors (Lipinski definition) is 0. The predicted molar refractivity (Wildman–Crippen MR) is 121 cm³/mol. The average molecular weight is 437 g/mol. The van der Waals surface area contributed by atoms with Crippen molar-refractivity contribution >= 4 is 17.1 Å². The molecule has 2 fully saturated rings. The van der Waals surface area contributed by atoms with Gasteiger partial charge in [-0.15, -0.1) is 0 Å². The van der Waals surface area contributed by atoms with Crippen molar-refractivity contribution in [1.82, 2.24) is 19.0 Å². The van der Waals surface area contributed by atoms with Crippen molar-refractivity contribution in [2.75, 3.05) is 13.1 Å². The number of fused-ring (bicyclic) bond motifs is 1. The van der Waals surface area contributed by atoms with Crippen LogP contribution in [0.3, 0.4) is 0 Å². The van der Waals surface area contributed by atoms with Gasteiger partial charge in [-0.2, -0.15) is 0 Å². The third kappa shape index (κ3) is 4.08. The van der Waals surface area contributed by atoms with Gasteiger partial charge in [0.2, 0.25) is 5.91 Å². The van der Waals surface area contributed by atoms with Crippen molar-refractivity contribution in [3.63, 3.8) is 0 Å². The number of amides is 1. The highest BCUT2D eigenvalue weighted by atomic mass is 19.1. The fourth-order valence-electron chi connectivity index (χ4n) is 5.35. The van der Waals surface area contributed by atoms with Crippen LogP contribution in [-0.4, -0.2) is 38.0 Å². The molecule has 1 aliphatic heterocycles. The lowest BCUT2D eigenvalue weighted by molar-refractivity contribution is -0.129. The molecule has 0 unspecified atom stereocenters. The van der Waals surface area contributed by atoms with Crippen molar-refractivity contribution in [1.29, 1.82) is 0 Å². The molecular formula is C25H29FN4O2. The lowest BCUT2D eigenvalue weighted by Gasteiger charge is -2.21. The Labute approximate surface area is 186 Å². The normalized spacial score (nSPS) is 19.7. The Hall–Kier alpha value is -2.96. The number of benzene rings is 1. The monoisotopic (exact) mass is 436 g/mol. The van der Waals surface area contributed by atoms with Gasteiger partial charge >= 0.3 is 5.69 Å². The molecule has 0 bridgehead atoms. The molecule has 2 aromatic heterocycles. The van der Waals surface area contributed by atoms with E-state index in [0.717, 1.165) is 12.1 Å². The van der Waals surface area contributed by atoms with Crippen LogP contribution in [0.4, 0.5) is 4.39 Å². The Morgan fingerprint density at radius 1 is 1.09 bits per heavy atom. The molecule has 32 heavy (non-hydrogen) atoms. The van der Waals surface area contributed by atoms with E-state index in [0.29, 0.717) is 36.6 Å². The summed E-state index contributed by atoms with van der Waals surface area (Å²) in [5, 5.41) is 0. The molecule has 2 aliphatic rings. The maximum atomic E-state index is 13.5. The van der Waals surface area contributed by atoms with Gasteiger partial charge in [-0.3, -0.25) is 13.9 Å². The van der Waals surface area contributed by atoms with E-state index < -0.39 is 0 Å². The molecule has 1 aromatic carbocycles. The van der Waals surface area contributed by atoms with Crippen LogP contribution in [0.1, 0.15) is 50.1 Å². The number of hydrogen-bond acceptors (Lipinski definition) is 3. The molecule has 6 nitrogen and oxygen atoms in total. The van der Waals surface area contributed by atoms with E-state index in [1.54, 1.807) is 27.8 Å². The van der Waals surface area contributed by atoms with Gasteiger partial charge in [0, 0.05) is 25.8 Å². The van der Waals surface area contributed by atoms with Gasteiger partial charge in [-0.25, -0.2) is 14.2 Å². The Morgan fingerprint density at radius 3 is 2.75 bits per heavy atom. The van der Waals surface area contributed by atoms with Crippen LogP contribution < -0.4 is 5.69 Å². The first-order valence-electron chi connectivity index (χ1n) is 11.7. The summed E-state index contributed by atoms with van der Waals surface area (Å²) in [6.07, 6.45) is 8.72. The van der Waals surface area contributed by atoms with Gasteiger partial charge in [-0.05, 0) is 55.0 Å². The summed E-state index contributed by atoms with van der Waals surface area (Å²) < 4.78 is 17.2. The molecule has 0 spiro atoms. The zero-order valence-corrected chi connectivity index (χ0v) is 18.3. The lowest BCUT2D eigenvalue weighted by Crippen LogP contribution is -2.33. The zero-order chi connectivity index (χ0) is 22.1. The zero-order valence-electron chi connectivity index (χ0n) is 18.3. The van der Waals surface area contributed by atoms with E-state index in [1.807, 2.05) is 16.7 Å². The van der Waals surface area contributed by atoms with E-state index in [2.05, 4.69) is 4.98 Å². The number of carbonyl (C=O) groups excluding carboxylic acids is 1. The topological polar surface area (TPSA) is 60.1 Å². The third-order valence-electron chi connectivity index (χ3n) is 7.01. The summed E-state index contributed by atoms with van der Waals surface area (Å²) in [6.45, 7) is 1.81. The Kier molecular flexibility index (Phi) is 5.81. The Bertz CT molecular complexity index is 1180. The molecule has 1 amide bonds. The number of pyridine rings is 1. The van der Waals surface area contributed by atoms with Crippen molar-refractivity contribution in [3.8, 4) is 0 Å². The van der Waals surface area contributed by atoms with Crippen LogP contribution in [0.2, 0.25) is 0 Å². The maximum Gasteiger partial charge on any atom is 0.330 e. The van der Waals surface area contributed by atoms with Crippen molar-refractivity contribution < 1.29 is 9.18 Å². The second kappa shape index (κ2) is 8.88. The number of halogens is 1. The van der Waals surface area contributed by atoms with E-state index in [1.165, 1.54) is 44.2 Å². The molecule has 1 aliphatic carbocycles. The first kappa shape index (κ1) is 20.9. The fourth-order valence-corrected chi connectivity index (χ4v) is 5.35. The standard InChI is InChI=1S/C25H29FN4O2/c26-20-9-4-8-19(14-20)15-23(31)28-13-11-21(17-28)30-24-22(10-5-12-27-24)29(25(30)32)16-18-6-2-1-3-7-18/h4-5,8-10,12,14,18,21H,1-3,6-7,11,13,15-17H2/t21-/m1/s1. The van der Waals surface area contributed by atoms with Gasteiger partial charge in [0.25, 0.3) is 0 Å². The number of aromatic nitrogens is 3. The number of carbonyl (C=O) groups is 1. The van der Waals surface area contributed by atoms with Gasteiger partial charge in [0.15, 0.2) is 5.65 Å². The minimum absolute atomic E-state index is 0.0197. The molecule has 0 radical (unpaired) electrons. The Balaban J connectivity index is 1.37. The highest BCUT2D eigenvalue weighted by Crippen LogP contribution is 2.28. The summed E-state index contributed by atoms with van der Waals surface area (Å²) in [4.78, 5) is 32.6. The smallest absolute Gasteiger partial charge is 0.330 e. The molecular weight excluding hydrogens is 407 g/mol. The molecule has 3 heterocycles. The molecule has 168 valence electrons. The summed E-state index contributed by atoms with van der Waals surface area (Å²) in [7, 11) is 0. The SMILES string of the molecule is O=C(Cc1cccc(F)c1)N1CC[C@@H](n2c(=O)n(CC3CCCCC3)c3cccnc32)C1. The van der Waals surface area contributed by atoms with Gasteiger partial charge in [-0.1, -0.05) is 31.4 Å². The largest absolute Gasteiger partial charge is 0.340 e. The van der Waals surface area contributed by atoms with Gasteiger partial charge < -0.3 is 4.90 Å². The minimum Gasteiger partial charge on any atom is -0.340 e. The molecule has 1 atom stereocenters. The molecule has 5 rings (SSSR count). The van der Waals surface area contributed by atoms with Crippen LogP contribution in [0.5, 0.6) is 0 Å². The van der Waals surface area contributed by atoms with E-state index in [4.69, 9.17) is 0 Å². The second-order valence-corrected chi connectivity index (χ2v) is 9.20. The second-order valence-electron chi connectivity index (χ2n) is 9.20. The maximum absolute atomic E-state index is 13.5. The predicted octanol–water partition coefficient (Wildman–Crippen LogP) is 3.93. The van der Waals surface area contributed by atoms with Crippen molar-refractivity contribution in [2.24, 2.45) is 5.92 Å². The van der Waals surface area contributed by atoms with E-state index in [-0.39, 0.29) is 29.9 Å². The highest BCUT2D eigenvalue weighted by Gasteiger charge is 2.31. The molecule has 1 saturated heterocycles. The number of nitrogens with zero attached hydrogens (tertiary/aromatic N) is 4. The summed E-state index contributed by atoms with van der Waals surface area (Å²) in [6, 6.07) is 9.93. The minimum atomic E-state index is -0.335. The van der Waals surface area contributed by atoms with E-state index in [9.17, 15) is 14.0 Å². The summed E-state index contributed by atoms with van der Waals surface area (Å²) in [5.74, 6) is 0.164. The number of rotatable bonds is 5. The summed E-state index contributed by atoms with van der Waals surface area (Å²) in [5.41, 5.74) is 2.24. The fraction of sp³-hybridized carbons (Fsp3) is 0.480. The van der Waals surface area contributed by atoms with Crippen LogP contribution in [0.15, 0.2) is 47.4 Å². The first-order chi connectivity index (χ1) is 15.6. The molecule has 0 N–H and O–H groups in total. The third-order valence-corrected chi connectivity index (χ3v) is 7.01. The van der Waals surface area contributed by atoms with Crippen molar-refractivity contribution in [3.05, 3.63) is 64.5 Å².